The summed E-state index contributed by atoms with van der Waals surface area (Å²) in [6, 6.07) is 4.58. The van der Waals surface area contributed by atoms with Crippen molar-refractivity contribution in [2.45, 2.75) is 18.9 Å². The average molecular weight is 295 g/mol. The van der Waals surface area contributed by atoms with E-state index in [-0.39, 0.29) is 23.2 Å². The molecule has 2 N–H and O–H groups in total. The molecule has 6 nitrogen and oxygen atoms in total. The molecule has 1 fully saturated rings. The Morgan fingerprint density at radius 1 is 1.40 bits per heavy atom. The average Bonchev–Trinajstić information content (AvgIpc) is 2.47. The molecule has 1 heterocycles. The second-order valence-electron chi connectivity index (χ2n) is 4.60. The number of nitro groups is 1. The molecule has 20 heavy (non-hydrogen) atoms. The Morgan fingerprint density at radius 2 is 2.10 bits per heavy atom. The molecule has 1 aromatic rings. The second kappa shape index (κ2) is 6.60. The first-order chi connectivity index (χ1) is 9.61. The summed E-state index contributed by atoms with van der Waals surface area (Å²) in [7, 11) is 1.71. The minimum atomic E-state index is -0.523. The van der Waals surface area contributed by atoms with Gasteiger partial charge in [0, 0.05) is 24.8 Å². The highest BCUT2D eigenvalue weighted by molar-refractivity contribution is 7.99. The van der Waals surface area contributed by atoms with E-state index >= 15 is 0 Å². The molecular formula is C13H17N3O3S. The van der Waals surface area contributed by atoms with E-state index in [0.29, 0.717) is 5.69 Å². The summed E-state index contributed by atoms with van der Waals surface area (Å²) in [5.41, 5.74) is 0.631. The lowest BCUT2D eigenvalue weighted by Crippen LogP contribution is -2.37. The highest BCUT2D eigenvalue weighted by atomic mass is 32.2. The van der Waals surface area contributed by atoms with Gasteiger partial charge in [0.2, 0.25) is 0 Å². The predicted octanol–water partition coefficient (Wildman–Crippen LogP) is 2.26. The highest BCUT2D eigenvalue weighted by Gasteiger charge is 2.23. The smallest absolute Gasteiger partial charge is 0.282 e. The lowest BCUT2D eigenvalue weighted by molar-refractivity contribution is -0.385. The molecule has 7 heteroatoms. The van der Waals surface area contributed by atoms with E-state index in [1.54, 1.807) is 13.1 Å². The SMILES string of the molecule is CNc1ccc([N+](=O)[O-])c(C(=O)NC2CCSCC2)c1. The molecule has 0 aliphatic carbocycles. The van der Waals surface area contributed by atoms with Crippen molar-refractivity contribution in [2.24, 2.45) is 0 Å². The van der Waals surface area contributed by atoms with E-state index in [4.69, 9.17) is 0 Å². The zero-order valence-electron chi connectivity index (χ0n) is 11.2. The number of anilines is 1. The Balaban J connectivity index is 2.20. The van der Waals surface area contributed by atoms with Crippen LogP contribution in [0.1, 0.15) is 23.2 Å². The fourth-order valence-corrected chi connectivity index (χ4v) is 3.24. The van der Waals surface area contributed by atoms with Gasteiger partial charge in [-0.25, -0.2) is 0 Å². The van der Waals surface area contributed by atoms with Crippen LogP contribution in [-0.2, 0) is 0 Å². The van der Waals surface area contributed by atoms with E-state index in [0.717, 1.165) is 24.3 Å². The minimum Gasteiger partial charge on any atom is -0.388 e. The van der Waals surface area contributed by atoms with Crippen LogP contribution in [0.3, 0.4) is 0 Å². The molecule has 1 aromatic carbocycles. The van der Waals surface area contributed by atoms with Gasteiger partial charge in [-0.1, -0.05) is 0 Å². The van der Waals surface area contributed by atoms with Gasteiger partial charge in [0.25, 0.3) is 11.6 Å². The largest absolute Gasteiger partial charge is 0.388 e. The Bertz CT molecular complexity index is 516. The lowest BCUT2D eigenvalue weighted by Gasteiger charge is -2.22. The van der Waals surface area contributed by atoms with E-state index in [9.17, 15) is 14.9 Å². The molecule has 0 unspecified atom stereocenters. The quantitative estimate of drug-likeness (QED) is 0.657. The maximum Gasteiger partial charge on any atom is 0.282 e. The van der Waals surface area contributed by atoms with Crippen molar-refractivity contribution < 1.29 is 9.72 Å². The summed E-state index contributed by atoms with van der Waals surface area (Å²) >= 11 is 1.87. The van der Waals surface area contributed by atoms with Crippen molar-refractivity contribution in [2.75, 3.05) is 23.9 Å². The number of nitro benzene ring substituents is 1. The van der Waals surface area contributed by atoms with Gasteiger partial charge < -0.3 is 10.6 Å². The van der Waals surface area contributed by atoms with Gasteiger partial charge in [-0.2, -0.15) is 11.8 Å². The molecule has 0 bridgehead atoms. The molecule has 0 atom stereocenters. The molecule has 0 aromatic heterocycles. The second-order valence-corrected chi connectivity index (χ2v) is 5.82. The van der Waals surface area contributed by atoms with Gasteiger partial charge in [-0.15, -0.1) is 0 Å². The molecule has 1 aliphatic rings. The number of thioether (sulfide) groups is 1. The fourth-order valence-electron chi connectivity index (χ4n) is 2.14. The maximum atomic E-state index is 12.3. The number of carbonyl (C=O) groups is 1. The Labute approximate surface area is 121 Å². The molecular weight excluding hydrogens is 278 g/mol. The van der Waals surface area contributed by atoms with Gasteiger partial charge in [-0.3, -0.25) is 14.9 Å². The third-order valence-corrected chi connectivity index (χ3v) is 4.33. The molecule has 2 rings (SSSR count). The van der Waals surface area contributed by atoms with Crippen LogP contribution >= 0.6 is 11.8 Å². The molecule has 1 aliphatic heterocycles. The number of rotatable bonds is 4. The van der Waals surface area contributed by atoms with Crippen molar-refractivity contribution in [1.29, 1.82) is 0 Å². The summed E-state index contributed by atoms with van der Waals surface area (Å²) in [4.78, 5) is 22.8. The molecule has 0 spiro atoms. The first kappa shape index (κ1) is 14.6. The first-order valence-electron chi connectivity index (χ1n) is 6.46. The number of benzene rings is 1. The van der Waals surface area contributed by atoms with Crippen LogP contribution in [0.2, 0.25) is 0 Å². The Hall–Kier alpha value is -1.76. The van der Waals surface area contributed by atoms with Crippen LogP contribution in [0, 0.1) is 10.1 Å². The number of nitrogens with one attached hydrogen (secondary N) is 2. The number of amides is 1. The molecule has 108 valence electrons. The van der Waals surface area contributed by atoms with Crippen molar-refractivity contribution >= 4 is 29.0 Å². The summed E-state index contributed by atoms with van der Waals surface area (Å²) in [5.74, 6) is 1.67. The summed E-state index contributed by atoms with van der Waals surface area (Å²) < 4.78 is 0. The van der Waals surface area contributed by atoms with Crippen molar-refractivity contribution in [3.63, 3.8) is 0 Å². The Morgan fingerprint density at radius 3 is 2.70 bits per heavy atom. The molecule has 0 radical (unpaired) electrons. The van der Waals surface area contributed by atoms with Gasteiger partial charge in [0.15, 0.2) is 0 Å². The van der Waals surface area contributed by atoms with E-state index < -0.39 is 4.92 Å². The number of nitrogens with zero attached hydrogens (tertiary/aromatic N) is 1. The van der Waals surface area contributed by atoms with Crippen LogP contribution in [0.15, 0.2) is 18.2 Å². The molecule has 1 amide bonds. The van der Waals surface area contributed by atoms with Crippen LogP contribution in [0.5, 0.6) is 0 Å². The third-order valence-electron chi connectivity index (χ3n) is 3.28. The number of hydrogen-bond donors (Lipinski definition) is 2. The van der Waals surface area contributed by atoms with Gasteiger partial charge in [-0.05, 0) is 36.5 Å². The summed E-state index contributed by atoms with van der Waals surface area (Å²) in [6.07, 6.45) is 1.83. The normalized spacial score (nSPS) is 15.7. The zero-order valence-corrected chi connectivity index (χ0v) is 12.0. The predicted molar refractivity (Wildman–Crippen MR) is 80.5 cm³/mol. The van der Waals surface area contributed by atoms with E-state index in [1.165, 1.54) is 12.1 Å². The molecule has 1 saturated heterocycles. The summed E-state index contributed by atoms with van der Waals surface area (Å²) in [6.45, 7) is 0. The van der Waals surface area contributed by atoms with E-state index in [1.807, 2.05) is 11.8 Å². The summed E-state index contributed by atoms with van der Waals surface area (Å²) in [5, 5.41) is 16.8. The van der Waals surface area contributed by atoms with Gasteiger partial charge >= 0.3 is 0 Å². The highest BCUT2D eigenvalue weighted by Crippen LogP contribution is 2.23. The van der Waals surface area contributed by atoms with Gasteiger partial charge in [0.05, 0.1) is 4.92 Å². The zero-order chi connectivity index (χ0) is 14.5. The molecule has 0 saturated carbocycles. The monoisotopic (exact) mass is 295 g/mol. The maximum absolute atomic E-state index is 12.3. The topological polar surface area (TPSA) is 84.3 Å². The van der Waals surface area contributed by atoms with Crippen LogP contribution in [0.25, 0.3) is 0 Å². The Kier molecular flexibility index (Phi) is 4.84. The standard InChI is InChI=1S/C13H17N3O3S/c1-14-10-2-3-12(16(18)19)11(8-10)13(17)15-9-4-6-20-7-5-9/h2-3,8-9,14H,4-7H2,1H3,(H,15,17). The third kappa shape index (κ3) is 3.41. The first-order valence-corrected chi connectivity index (χ1v) is 7.62. The van der Waals surface area contributed by atoms with Crippen LogP contribution in [-0.4, -0.2) is 35.4 Å². The van der Waals surface area contributed by atoms with Crippen molar-refractivity contribution in [3.8, 4) is 0 Å². The van der Waals surface area contributed by atoms with Crippen molar-refractivity contribution in [3.05, 3.63) is 33.9 Å². The number of carbonyl (C=O) groups excluding carboxylic acids is 1. The minimum absolute atomic E-state index is 0.111. The van der Waals surface area contributed by atoms with Gasteiger partial charge in [0.1, 0.15) is 5.56 Å². The van der Waals surface area contributed by atoms with Crippen LogP contribution < -0.4 is 10.6 Å². The fraction of sp³-hybridized carbons (Fsp3) is 0.462. The number of hydrogen-bond acceptors (Lipinski definition) is 5. The lowest BCUT2D eigenvalue weighted by atomic mass is 10.1. The van der Waals surface area contributed by atoms with Crippen molar-refractivity contribution in [1.82, 2.24) is 5.32 Å². The van der Waals surface area contributed by atoms with E-state index in [2.05, 4.69) is 10.6 Å². The van der Waals surface area contributed by atoms with Crippen LogP contribution in [0.4, 0.5) is 11.4 Å².